The first-order chi connectivity index (χ1) is 6.70. The van der Waals surface area contributed by atoms with Crippen LogP contribution >= 0.6 is 0 Å². The van der Waals surface area contributed by atoms with E-state index in [0.29, 0.717) is 5.92 Å². The topological polar surface area (TPSA) is 23.5 Å². The van der Waals surface area contributed by atoms with Gasteiger partial charge < -0.3 is 10.0 Å². The van der Waals surface area contributed by atoms with Crippen LogP contribution in [-0.2, 0) is 0 Å². The smallest absolute Gasteiger partial charge is 0.0930 e. The largest absolute Gasteiger partial charge is 0.387 e. The minimum atomic E-state index is -0.425. The van der Waals surface area contributed by atoms with Crippen molar-refractivity contribution in [1.82, 2.24) is 4.90 Å². The van der Waals surface area contributed by atoms with Crippen LogP contribution in [0.4, 0.5) is 0 Å². The highest BCUT2D eigenvalue weighted by Crippen LogP contribution is 2.47. The minimum absolute atomic E-state index is 0.250. The quantitative estimate of drug-likeness (QED) is 0.629. The van der Waals surface area contributed by atoms with Crippen LogP contribution in [0.5, 0.6) is 0 Å². The van der Waals surface area contributed by atoms with E-state index in [1.54, 1.807) is 0 Å². The van der Waals surface area contributed by atoms with Crippen molar-refractivity contribution >= 4 is 0 Å². The summed E-state index contributed by atoms with van der Waals surface area (Å²) in [7, 11) is 0. The van der Waals surface area contributed by atoms with Crippen molar-refractivity contribution in [3.8, 4) is 0 Å². The van der Waals surface area contributed by atoms with Crippen molar-refractivity contribution in [1.29, 1.82) is 0 Å². The number of hydrogen-bond donors (Lipinski definition) is 1. The van der Waals surface area contributed by atoms with Gasteiger partial charge in [0.15, 0.2) is 0 Å². The number of nitrogens with zero attached hydrogens (tertiary/aromatic N) is 1. The lowest BCUT2D eigenvalue weighted by Crippen LogP contribution is -2.43. The van der Waals surface area contributed by atoms with E-state index in [-0.39, 0.29) is 6.04 Å². The summed E-state index contributed by atoms with van der Waals surface area (Å²) in [6.07, 6.45) is 9.89. The summed E-state index contributed by atoms with van der Waals surface area (Å²) >= 11 is 0. The van der Waals surface area contributed by atoms with E-state index >= 15 is 0 Å². The number of allylic oxidation sites excluding steroid dienone is 2. The fraction of sp³-hybridized carbons (Fsp3) is 0.667. The van der Waals surface area contributed by atoms with Gasteiger partial charge in [0.25, 0.3) is 0 Å². The third-order valence-corrected chi connectivity index (χ3v) is 4.09. The van der Waals surface area contributed by atoms with E-state index in [4.69, 9.17) is 0 Å². The second-order valence-electron chi connectivity index (χ2n) is 4.95. The summed E-state index contributed by atoms with van der Waals surface area (Å²) in [6, 6.07) is 0.250. The Kier molecular flexibility index (Phi) is 1.61. The Bertz CT molecular complexity index is 320. The number of hydrogen-bond acceptors (Lipinski definition) is 2. The zero-order valence-corrected chi connectivity index (χ0v) is 8.61. The van der Waals surface area contributed by atoms with Gasteiger partial charge in [-0.3, -0.25) is 0 Å². The second kappa shape index (κ2) is 2.63. The molecule has 14 heavy (non-hydrogen) atoms. The lowest BCUT2D eigenvalue weighted by molar-refractivity contribution is 0.00994. The number of fused-ring (bicyclic) bond motifs is 3. The molecule has 0 amide bonds. The standard InChI is InChI=1S/C12H17NO/c1-9-4-6-13-8-10-3-2-5-12(10,14)11(13)7-9/h4,6-7,10-11,14H,2-3,5,8H2,1H3. The third kappa shape index (κ3) is 0.949. The normalized spacial score (nSPS) is 45.0. The molecule has 2 fully saturated rings. The van der Waals surface area contributed by atoms with E-state index in [2.05, 4.69) is 30.2 Å². The first-order valence-corrected chi connectivity index (χ1v) is 5.55. The predicted octanol–water partition coefficient (Wildman–Crippen LogP) is 1.68. The molecular formula is C12H17NO. The molecular weight excluding hydrogens is 174 g/mol. The summed E-state index contributed by atoms with van der Waals surface area (Å²) in [4.78, 5) is 2.30. The van der Waals surface area contributed by atoms with Crippen molar-refractivity contribution < 1.29 is 5.11 Å². The van der Waals surface area contributed by atoms with Crippen LogP contribution in [0.2, 0.25) is 0 Å². The fourth-order valence-electron chi connectivity index (χ4n) is 3.29. The Morgan fingerprint density at radius 2 is 2.43 bits per heavy atom. The summed E-state index contributed by atoms with van der Waals surface area (Å²) in [5.41, 5.74) is 0.860. The highest BCUT2D eigenvalue weighted by molar-refractivity contribution is 5.29. The average molecular weight is 191 g/mol. The van der Waals surface area contributed by atoms with Crippen molar-refractivity contribution in [2.75, 3.05) is 6.54 Å². The summed E-state index contributed by atoms with van der Waals surface area (Å²) in [5, 5.41) is 10.6. The molecule has 0 aromatic rings. The van der Waals surface area contributed by atoms with Crippen LogP contribution in [0, 0.1) is 5.92 Å². The second-order valence-corrected chi connectivity index (χ2v) is 4.95. The summed E-state index contributed by atoms with van der Waals surface area (Å²) < 4.78 is 0. The van der Waals surface area contributed by atoms with Gasteiger partial charge in [-0.1, -0.05) is 18.1 Å². The van der Waals surface area contributed by atoms with E-state index in [1.165, 1.54) is 18.4 Å². The van der Waals surface area contributed by atoms with Crippen molar-refractivity contribution in [3.05, 3.63) is 23.9 Å². The lowest BCUT2D eigenvalue weighted by atomic mass is 9.87. The molecule has 3 rings (SSSR count). The van der Waals surface area contributed by atoms with E-state index in [0.717, 1.165) is 13.0 Å². The van der Waals surface area contributed by atoms with Gasteiger partial charge >= 0.3 is 0 Å². The maximum absolute atomic E-state index is 10.6. The molecule has 2 heteroatoms. The van der Waals surface area contributed by atoms with Gasteiger partial charge in [0, 0.05) is 12.5 Å². The Balaban J connectivity index is 1.99. The third-order valence-electron chi connectivity index (χ3n) is 4.09. The van der Waals surface area contributed by atoms with Crippen LogP contribution in [0.25, 0.3) is 0 Å². The molecule has 1 saturated carbocycles. The van der Waals surface area contributed by atoms with Gasteiger partial charge in [0.1, 0.15) is 0 Å². The van der Waals surface area contributed by atoms with Crippen LogP contribution in [0.1, 0.15) is 26.2 Å². The number of aliphatic hydroxyl groups is 1. The maximum Gasteiger partial charge on any atom is 0.0930 e. The molecule has 0 aromatic carbocycles. The minimum Gasteiger partial charge on any atom is -0.387 e. The Morgan fingerprint density at radius 1 is 1.57 bits per heavy atom. The molecule has 3 atom stereocenters. The molecule has 0 spiro atoms. The van der Waals surface area contributed by atoms with Crippen molar-refractivity contribution in [3.63, 3.8) is 0 Å². The van der Waals surface area contributed by atoms with Gasteiger partial charge in [-0.05, 0) is 32.0 Å². The molecule has 0 aromatic heterocycles. The molecule has 2 nitrogen and oxygen atoms in total. The Morgan fingerprint density at radius 3 is 3.29 bits per heavy atom. The SMILES string of the molecule is CC1=CC2N(C=C1)CC1CCCC12O. The van der Waals surface area contributed by atoms with E-state index in [1.807, 2.05) is 0 Å². The first kappa shape index (κ1) is 8.54. The molecule has 1 saturated heterocycles. The molecule has 3 unspecified atom stereocenters. The zero-order chi connectivity index (χ0) is 9.76. The molecule has 1 N–H and O–H groups in total. The molecule has 76 valence electrons. The fourth-order valence-corrected chi connectivity index (χ4v) is 3.29. The Labute approximate surface area is 84.9 Å². The van der Waals surface area contributed by atoms with Crippen LogP contribution in [0.3, 0.4) is 0 Å². The van der Waals surface area contributed by atoms with Gasteiger partial charge in [-0.25, -0.2) is 0 Å². The lowest BCUT2D eigenvalue weighted by Gasteiger charge is -2.32. The van der Waals surface area contributed by atoms with Crippen LogP contribution in [0.15, 0.2) is 23.9 Å². The van der Waals surface area contributed by atoms with Gasteiger partial charge in [0.05, 0.1) is 11.6 Å². The van der Waals surface area contributed by atoms with Gasteiger partial charge in [-0.15, -0.1) is 0 Å². The highest BCUT2D eigenvalue weighted by atomic mass is 16.3. The highest BCUT2D eigenvalue weighted by Gasteiger charge is 2.54. The predicted molar refractivity (Wildman–Crippen MR) is 55.7 cm³/mol. The van der Waals surface area contributed by atoms with E-state index in [9.17, 15) is 5.11 Å². The molecule has 2 heterocycles. The average Bonchev–Trinajstić information content (AvgIpc) is 2.62. The number of rotatable bonds is 0. The maximum atomic E-state index is 10.6. The van der Waals surface area contributed by atoms with Gasteiger partial charge in [0.2, 0.25) is 0 Å². The summed E-state index contributed by atoms with van der Waals surface area (Å²) in [6.45, 7) is 3.15. The Hall–Kier alpha value is -0.760. The van der Waals surface area contributed by atoms with Crippen molar-refractivity contribution in [2.45, 2.75) is 37.8 Å². The summed E-state index contributed by atoms with van der Waals surface area (Å²) in [5.74, 6) is 0.499. The molecule has 3 aliphatic rings. The zero-order valence-electron chi connectivity index (χ0n) is 8.61. The molecule has 0 bridgehead atoms. The van der Waals surface area contributed by atoms with E-state index < -0.39 is 5.60 Å². The first-order valence-electron chi connectivity index (χ1n) is 5.55. The molecule has 1 aliphatic carbocycles. The molecule has 2 aliphatic heterocycles. The van der Waals surface area contributed by atoms with Crippen molar-refractivity contribution in [2.24, 2.45) is 5.92 Å². The monoisotopic (exact) mass is 191 g/mol. The van der Waals surface area contributed by atoms with Crippen LogP contribution < -0.4 is 0 Å². The van der Waals surface area contributed by atoms with Gasteiger partial charge in [-0.2, -0.15) is 0 Å². The van der Waals surface area contributed by atoms with Crippen LogP contribution in [-0.4, -0.2) is 28.2 Å². The molecule has 0 radical (unpaired) electrons.